The number of carbonyl (C=O) groups excluding carboxylic acids is 1. The van der Waals surface area contributed by atoms with E-state index in [-0.39, 0.29) is 23.4 Å². The second-order valence-corrected chi connectivity index (χ2v) is 5.59. The van der Waals surface area contributed by atoms with Gasteiger partial charge in [0.1, 0.15) is 0 Å². The number of hydrogen-bond acceptors (Lipinski definition) is 3. The summed E-state index contributed by atoms with van der Waals surface area (Å²) in [5, 5.41) is 2.95. The molecular weight excluding hydrogens is 328 g/mol. The molecule has 0 aliphatic rings. The summed E-state index contributed by atoms with van der Waals surface area (Å²) in [5.74, 6) is -0.342. The standard InChI is InChI=1S/C19H21F2NO3/c1-4-15(13-7-5-12(2)6-8-13)22-18(23)14-9-10-16(25-19(20)21)17(11-14)24-3/h5-11,15,19H,4H2,1-3H3,(H,22,23). The topological polar surface area (TPSA) is 47.6 Å². The lowest BCUT2D eigenvalue weighted by atomic mass is 10.0. The van der Waals surface area contributed by atoms with Gasteiger partial charge in [0.2, 0.25) is 0 Å². The quantitative estimate of drug-likeness (QED) is 0.801. The van der Waals surface area contributed by atoms with E-state index in [1.54, 1.807) is 0 Å². The molecule has 0 spiro atoms. The van der Waals surface area contributed by atoms with E-state index in [4.69, 9.17) is 4.74 Å². The molecule has 1 N–H and O–H groups in total. The first kappa shape index (κ1) is 18.7. The summed E-state index contributed by atoms with van der Waals surface area (Å²) in [4.78, 5) is 12.5. The van der Waals surface area contributed by atoms with Crippen molar-refractivity contribution in [1.29, 1.82) is 0 Å². The number of hydrogen-bond donors (Lipinski definition) is 1. The van der Waals surface area contributed by atoms with Crippen LogP contribution in [0.25, 0.3) is 0 Å². The summed E-state index contributed by atoms with van der Waals surface area (Å²) < 4.78 is 34.1. The number of amides is 1. The van der Waals surface area contributed by atoms with Crippen LogP contribution >= 0.6 is 0 Å². The summed E-state index contributed by atoms with van der Waals surface area (Å²) in [6, 6.07) is 11.9. The second-order valence-electron chi connectivity index (χ2n) is 5.59. The van der Waals surface area contributed by atoms with Crippen molar-refractivity contribution in [2.24, 2.45) is 0 Å². The Balaban J connectivity index is 2.17. The largest absolute Gasteiger partial charge is 0.493 e. The molecule has 0 saturated carbocycles. The van der Waals surface area contributed by atoms with E-state index in [2.05, 4.69) is 10.1 Å². The van der Waals surface area contributed by atoms with Crippen molar-refractivity contribution in [2.75, 3.05) is 7.11 Å². The Hall–Kier alpha value is -2.63. The Morgan fingerprint density at radius 2 is 1.80 bits per heavy atom. The Labute approximate surface area is 145 Å². The zero-order chi connectivity index (χ0) is 18.4. The summed E-state index contributed by atoms with van der Waals surface area (Å²) in [6.07, 6.45) is 0.721. The zero-order valence-corrected chi connectivity index (χ0v) is 14.4. The molecule has 6 heteroatoms. The van der Waals surface area contributed by atoms with Gasteiger partial charge in [-0.25, -0.2) is 0 Å². The third-order valence-corrected chi connectivity index (χ3v) is 3.84. The SMILES string of the molecule is CCC(NC(=O)c1ccc(OC(F)F)c(OC)c1)c1ccc(C)cc1. The first-order chi connectivity index (χ1) is 11.9. The average Bonchev–Trinajstić information content (AvgIpc) is 2.60. The van der Waals surface area contributed by atoms with Gasteiger partial charge in [-0.1, -0.05) is 36.8 Å². The molecule has 2 aromatic rings. The van der Waals surface area contributed by atoms with Crippen molar-refractivity contribution in [3.8, 4) is 11.5 Å². The van der Waals surface area contributed by atoms with Crippen molar-refractivity contribution < 1.29 is 23.0 Å². The lowest BCUT2D eigenvalue weighted by Crippen LogP contribution is -2.28. The maximum Gasteiger partial charge on any atom is 0.387 e. The van der Waals surface area contributed by atoms with Crippen LogP contribution in [0.3, 0.4) is 0 Å². The molecule has 25 heavy (non-hydrogen) atoms. The van der Waals surface area contributed by atoms with Crippen molar-refractivity contribution >= 4 is 5.91 Å². The van der Waals surface area contributed by atoms with Crippen LogP contribution in [-0.4, -0.2) is 19.6 Å². The van der Waals surface area contributed by atoms with E-state index in [1.165, 1.54) is 25.3 Å². The number of benzene rings is 2. The predicted molar refractivity (Wildman–Crippen MR) is 91.3 cm³/mol. The molecule has 1 amide bonds. The van der Waals surface area contributed by atoms with E-state index < -0.39 is 6.61 Å². The van der Waals surface area contributed by atoms with Gasteiger partial charge in [0, 0.05) is 5.56 Å². The summed E-state index contributed by atoms with van der Waals surface area (Å²) in [7, 11) is 1.33. The molecule has 0 saturated heterocycles. The van der Waals surface area contributed by atoms with Gasteiger partial charge in [0.25, 0.3) is 5.91 Å². The van der Waals surface area contributed by atoms with Crippen LogP contribution in [-0.2, 0) is 0 Å². The van der Waals surface area contributed by atoms with Gasteiger partial charge < -0.3 is 14.8 Å². The van der Waals surface area contributed by atoms with Crippen LogP contribution in [0.15, 0.2) is 42.5 Å². The number of aryl methyl sites for hydroxylation is 1. The zero-order valence-electron chi connectivity index (χ0n) is 14.4. The molecule has 0 bridgehead atoms. The molecule has 0 heterocycles. The van der Waals surface area contributed by atoms with Crippen LogP contribution in [0.2, 0.25) is 0 Å². The molecule has 2 aromatic carbocycles. The number of halogens is 2. The van der Waals surface area contributed by atoms with Gasteiger partial charge in [0.05, 0.1) is 13.2 Å². The molecule has 0 aliphatic heterocycles. The van der Waals surface area contributed by atoms with Gasteiger partial charge in [0.15, 0.2) is 11.5 Å². The van der Waals surface area contributed by atoms with Gasteiger partial charge in [-0.05, 0) is 37.1 Å². The molecule has 0 fully saturated rings. The highest BCUT2D eigenvalue weighted by Gasteiger charge is 2.17. The third kappa shape index (κ3) is 4.92. The summed E-state index contributed by atoms with van der Waals surface area (Å²) >= 11 is 0. The smallest absolute Gasteiger partial charge is 0.387 e. The minimum Gasteiger partial charge on any atom is -0.493 e. The van der Waals surface area contributed by atoms with Crippen molar-refractivity contribution in [3.63, 3.8) is 0 Å². The van der Waals surface area contributed by atoms with Crippen LogP contribution in [0.5, 0.6) is 11.5 Å². The highest BCUT2D eigenvalue weighted by atomic mass is 19.3. The van der Waals surface area contributed by atoms with Gasteiger partial charge >= 0.3 is 6.61 Å². The van der Waals surface area contributed by atoms with Crippen molar-refractivity contribution in [1.82, 2.24) is 5.32 Å². The lowest BCUT2D eigenvalue weighted by Gasteiger charge is -2.18. The fourth-order valence-electron chi connectivity index (χ4n) is 2.46. The molecule has 2 rings (SSSR count). The van der Waals surface area contributed by atoms with Gasteiger partial charge in [-0.2, -0.15) is 8.78 Å². The van der Waals surface area contributed by atoms with Gasteiger partial charge in [-0.3, -0.25) is 4.79 Å². The minimum absolute atomic E-state index is 0.0799. The molecule has 1 unspecified atom stereocenters. The molecular formula is C19H21F2NO3. The van der Waals surface area contributed by atoms with E-state index >= 15 is 0 Å². The van der Waals surface area contributed by atoms with Crippen LogP contribution in [0, 0.1) is 6.92 Å². The summed E-state index contributed by atoms with van der Waals surface area (Å²) in [6.45, 7) is 1.02. The van der Waals surface area contributed by atoms with Crippen molar-refractivity contribution in [2.45, 2.75) is 32.9 Å². The van der Waals surface area contributed by atoms with E-state index in [9.17, 15) is 13.6 Å². The number of rotatable bonds is 7. The fourth-order valence-corrected chi connectivity index (χ4v) is 2.46. The van der Waals surface area contributed by atoms with E-state index in [0.717, 1.165) is 17.5 Å². The first-order valence-electron chi connectivity index (χ1n) is 7.94. The second kappa shape index (κ2) is 8.46. The van der Waals surface area contributed by atoms with E-state index in [0.29, 0.717) is 5.56 Å². The lowest BCUT2D eigenvalue weighted by molar-refractivity contribution is -0.0512. The number of methoxy groups -OCH3 is 1. The predicted octanol–water partition coefficient (Wildman–Crippen LogP) is 4.49. The number of nitrogens with one attached hydrogen (secondary N) is 1. The van der Waals surface area contributed by atoms with Crippen LogP contribution < -0.4 is 14.8 Å². The van der Waals surface area contributed by atoms with Crippen molar-refractivity contribution in [3.05, 3.63) is 59.2 Å². The first-order valence-corrected chi connectivity index (χ1v) is 7.94. The maximum atomic E-state index is 12.5. The summed E-state index contributed by atoms with van der Waals surface area (Å²) in [5.41, 5.74) is 2.46. The number of ether oxygens (including phenoxy) is 2. The Morgan fingerprint density at radius 3 is 2.36 bits per heavy atom. The Kier molecular flexibility index (Phi) is 6.33. The molecule has 0 radical (unpaired) electrons. The average molecular weight is 349 g/mol. The molecule has 4 nitrogen and oxygen atoms in total. The monoisotopic (exact) mass is 349 g/mol. The highest BCUT2D eigenvalue weighted by molar-refractivity contribution is 5.95. The number of alkyl halides is 2. The third-order valence-electron chi connectivity index (χ3n) is 3.84. The highest BCUT2D eigenvalue weighted by Crippen LogP contribution is 2.29. The normalized spacial score (nSPS) is 11.9. The van der Waals surface area contributed by atoms with E-state index in [1.807, 2.05) is 38.1 Å². The number of carbonyl (C=O) groups is 1. The molecule has 0 aromatic heterocycles. The maximum absolute atomic E-state index is 12.5. The fraction of sp³-hybridized carbons (Fsp3) is 0.316. The van der Waals surface area contributed by atoms with Gasteiger partial charge in [-0.15, -0.1) is 0 Å². The molecule has 134 valence electrons. The Morgan fingerprint density at radius 1 is 1.12 bits per heavy atom. The molecule has 1 atom stereocenters. The Bertz CT molecular complexity index is 717. The van der Waals surface area contributed by atoms with Crippen LogP contribution in [0.1, 0.15) is 40.9 Å². The minimum atomic E-state index is -2.96. The van der Waals surface area contributed by atoms with Crippen LogP contribution in [0.4, 0.5) is 8.78 Å². The molecule has 0 aliphatic carbocycles.